The Balaban J connectivity index is 0.00000364. The number of imide groups is 1. The molecule has 2 rings (SSSR count). The topological polar surface area (TPSA) is 95.1 Å². The second-order valence-electron chi connectivity index (χ2n) is 5.53. The number of para-hydroxylation sites is 1. The molecule has 0 saturated carbocycles. The Labute approximate surface area is 176 Å². The summed E-state index contributed by atoms with van der Waals surface area (Å²) in [5.41, 5.74) is 0.959. The average molecular weight is 487 g/mol. The number of hydrogen-bond acceptors (Lipinski definition) is 4. The van der Waals surface area contributed by atoms with Gasteiger partial charge >= 0.3 is 6.03 Å². The Morgan fingerprint density at radius 2 is 2.15 bits per heavy atom. The van der Waals surface area contributed by atoms with Gasteiger partial charge in [0.25, 0.3) is 0 Å². The molecule has 8 nitrogen and oxygen atoms in total. The maximum Gasteiger partial charge on any atom is 0.324 e. The van der Waals surface area contributed by atoms with Crippen molar-refractivity contribution in [1.82, 2.24) is 20.9 Å². The Morgan fingerprint density at radius 3 is 2.81 bits per heavy atom. The van der Waals surface area contributed by atoms with Gasteiger partial charge in [0.1, 0.15) is 12.4 Å². The number of ether oxygens (including phenoxy) is 1. The molecule has 1 aliphatic rings. The average Bonchev–Trinajstić information content (AvgIpc) is 2.97. The summed E-state index contributed by atoms with van der Waals surface area (Å²) >= 11 is 0. The second kappa shape index (κ2) is 12.2. The molecule has 1 aromatic rings. The van der Waals surface area contributed by atoms with E-state index in [1.54, 1.807) is 6.08 Å². The summed E-state index contributed by atoms with van der Waals surface area (Å²) < 4.78 is 5.63. The number of carbonyl (C=O) groups is 2. The van der Waals surface area contributed by atoms with Gasteiger partial charge in [-0.05, 0) is 13.0 Å². The number of urea groups is 1. The van der Waals surface area contributed by atoms with Gasteiger partial charge < -0.3 is 20.7 Å². The minimum absolute atomic E-state index is 0. The lowest BCUT2D eigenvalue weighted by Crippen LogP contribution is -2.43. The van der Waals surface area contributed by atoms with E-state index in [0.29, 0.717) is 32.2 Å². The van der Waals surface area contributed by atoms with Crippen LogP contribution in [0.1, 0.15) is 12.5 Å². The van der Waals surface area contributed by atoms with E-state index in [1.165, 1.54) is 4.90 Å². The normalized spacial score (nSPS) is 13.7. The van der Waals surface area contributed by atoms with Crippen LogP contribution in [0.4, 0.5) is 4.79 Å². The summed E-state index contributed by atoms with van der Waals surface area (Å²) in [5, 5.41) is 8.77. The van der Waals surface area contributed by atoms with Gasteiger partial charge in [0, 0.05) is 25.2 Å². The van der Waals surface area contributed by atoms with Crippen LogP contribution in [0.3, 0.4) is 0 Å². The molecule has 0 atom stereocenters. The smallest absolute Gasteiger partial charge is 0.324 e. The maximum absolute atomic E-state index is 11.6. The summed E-state index contributed by atoms with van der Waals surface area (Å²) in [6, 6.07) is 7.34. The molecule has 9 heteroatoms. The zero-order valence-corrected chi connectivity index (χ0v) is 17.7. The Bertz CT molecular complexity index is 665. The molecule has 148 valence electrons. The van der Waals surface area contributed by atoms with Gasteiger partial charge in [0.05, 0.1) is 13.1 Å². The lowest BCUT2D eigenvalue weighted by atomic mass is 10.2. The number of nitrogens with one attached hydrogen (secondary N) is 3. The van der Waals surface area contributed by atoms with Crippen LogP contribution in [0.25, 0.3) is 0 Å². The highest BCUT2D eigenvalue weighted by molar-refractivity contribution is 14.0. The number of guanidine groups is 1. The quantitative estimate of drug-likeness (QED) is 0.161. The van der Waals surface area contributed by atoms with Crippen molar-refractivity contribution >= 4 is 41.9 Å². The third kappa shape index (κ3) is 7.08. The van der Waals surface area contributed by atoms with E-state index in [0.717, 1.165) is 11.3 Å². The Hall–Kier alpha value is -2.30. The van der Waals surface area contributed by atoms with E-state index in [-0.39, 0.29) is 49.0 Å². The van der Waals surface area contributed by atoms with Gasteiger partial charge in [-0.25, -0.2) is 9.79 Å². The third-order valence-corrected chi connectivity index (χ3v) is 3.65. The predicted molar refractivity (Wildman–Crippen MR) is 115 cm³/mol. The van der Waals surface area contributed by atoms with Crippen LogP contribution in [0.15, 0.2) is 41.9 Å². The molecule has 0 aliphatic carbocycles. The fraction of sp³-hybridized carbons (Fsp3) is 0.389. The minimum atomic E-state index is -0.355. The van der Waals surface area contributed by atoms with E-state index >= 15 is 0 Å². The van der Waals surface area contributed by atoms with Gasteiger partial charge in [-0.1, -0.05) is 30.9 Å². The van der Waals surface area contributed by atoms with Crippen molar-refractivity contribution in [3.05, 3.63) is 42.5 Å². The highest BCUT2D eigenvalue weighted by Gasteiger charge is 2.27. The summed E-state index contributed by atoms with van der Waals surface area (Å²) in [4.78, 5) is 28.8. The maximum atomic E-state index is 11.6. The fourth-order valence-electron chi connectivity index (χ4n) is 2.40. The molecule has 3 amide bonds. The van der Waals surface area contributed by atoms with Crippen LogP contribution in [0.5, 0.6) is 5.75 Å². The molecule has 1 saturated heterocycles. The molecule has 0 radical (unpaired) electrons. The second-order valence-corrected chi connectivity index (χ2v) is 5.53. The van der Waals surface area contributed by atoms with E-state index in [1.807, 2.05) is 31.2 Å². The highest BCUT2D eigenvalue weighted by atomic mass is 127. The largest absolute Gasteiger partial charge is 0.489 e. The van der Waals surface area contributed by atoms with Crippen LogP contribution >= 0.6 is 24.0 Å². The minimum Gasteiger partial charge on any atom is -0.489 e. The number of nitrogens with zero attached hydrogens (tertiary/aromatic N) is 2. The third-order valence-electron chi connectivity index (χ3n) is 3.65. The van der Waals surface area contributed by atoms with Crippen molar-refractivity contribution in [3.8, 4) is 5.75 Å². The zero-order valence-electron chi connectivity index (χ0n) is 15.4. The van der Waals surface area contributed by atoms with Gasteiger partial charge in [-0.15, -0.1) is 24.0 Å². The lowest BCUT2D eigenvalue weighted by Gasteiger charge is -2.15. The van der Waals surface area contributed by atoms with Gasteiger partial charge in [-0.2, -0.15) is 0 Å². The Morgan fingerprint density at radius 1 is 1.37 bits per heavy atom. The first-order valence-electron chi connectivity index (χ1n) is 8.57. The lowest BCUT2D eigenvalue weighted by molar-refractivity contribution is -0.124. The van der Waals surface area contributed by atoms with E-state index in [9.17, 15) is 9.59 Å². The molecule has 1 heterocycles. The summed E-state index contributed by atoms with van der Waals surface area (Å²) in [6.45, 7) is 7.96. The van der Waals surface area contributed by atoms with Gasteiger partial charge in [0.15, 0.2) is 5.96 Å². The zero-order chi connectivity index (χ0) is 18.8. The van der Waals surface area contributed by atoms with Crippen molar-refractivity contribution < 1.29 is 14.3 Å². The summed E-state index contributed by atoms with van der Waals surface area (Å²) in [6.07, 6.45) is 1.70. The molecule has 0 aromatic heterocycles. The first-order chi connectivity index (χ1) is 12.7. The van der Waals surface area contributed by atoms with E-state index in [2.05, 4.69) is 27.5 Å². The number of carbonyl (C=O) groups excluding carboxylic acids is 2. The van der Waals surface area contributed by atoms with Crippen molar-refractivity contribution in [1.29, 1.82) is 0 Å². The summed E-state index contributed by atoms with van der Waals surface area (Å²) in [5.74, 6) is 1.16. The molecule has 0 bridgehead atoms. The molecule has 27 heavy (non-hydrogen) atoms. The first kappa shape index (κ1) is 22.7. The van der Waals surface area contributed by atoms with Gasteiger partial charge in [-0.3, -0.25) is 9.69 Å². The number of halogens is 1. The molecule has 1 aromatic carbocycles. The molecule has 0 unspecified atom stereocenters. The van der Waals surface area contributed by atoms with Crippen molar-refractivity contribution in [3.63, 3.8) is 0 Å². The van der Waals surface area contributed by atoms with Crippen LogP contribution in [-0.4, -0.2) is 55.6 Å². The number of benzene rings is 1. The Kier molecular flexibility index (Phi) is 10.2. The molecular formula is C18H26IN5O3. The first-order valence-corrected chi connectivity index (χ1v) is 8.57. The van der Waals surface area contributed by atoms with Crippen LogP contribution in [0.2, 0.25) is 0 Å². The standard InChI is InChI=1S/C18H25N5O3.HI/c1-3-11-26-15-8-6-5-7-14(15)12-21-17(19-4-2)20-9-10-23-16(24)13-22-18(23)25;/h3,5-8H,1,4,9-13H2,2H3,(H,22,25)(H2,19,20,21);1H. The van der Waals surface area contributed by atoms with Gasteiger partial charge in [0.2, 0.25) is 5.91 Å². The van der Waals surface area contributed by atoms with Crippen molar-refractivity contribution in [2.24, 2.45) is 4.99 Å². The van der Waals surface area contributed by atoms with Crippen molar-refractivity contribution in [2.45, 2.75) is 13.5 Å². The fourth-order valence-corrected chi connectivity index (χ4v) is 2.40. The number of aliphatic imine (C=N–C) groups is 1. The summed E-state index contributed by atoms with van der Waals surface area (Å²) in [7, 11) is 0. The molecule has 1 fully saturated rings. The predicted octanol–water partition coefficient (Wildman–Crippen LogP) is 1.48. The monoisotopic (exact) mass is 487 g/mol. The number of hydrogen-bond donors (Lipinski definition) is 3. The molecule has 3 N–H and O–H groups in total. The number of rotatable bonds is 9. The highest BCUT2D eigenvalue weighted by Crippen LogP contribution is 2.18. The molecular weight excluding hydrogens is 461 g/mol. The van der Waals surface area contributed by atoms with Crippen molar-refractivity contribution in [2.75, 3.05) is 32.8 Å². The van der Waals surface area contributed by atoms with Crippen LogP contribution in [-0.2, 0) is 11.3 Å². The number of amides is 3. The SMILES string of the molecule is C=CCOc1ccccc1CN=C(NCC)NCCN1C(=O)CNC1=O.I. The van der Waals surface area contributed by atoms with Crippen LogP contribution < -0.4 is 20.7 Å². The van der Waals surface area contributed by atoms with Crippen LogP contribution in [0, 0.1) is 0 Å². The van der Waals surface area contributed by atoms with E-state index in [4.69, 9.17) is 4.74 Å². The molecule has 0 spiro atoms. The molecule has 1 aliphatic heterocycles. The van der Waals surface area contributed by atoms with E-state index < -0.39 is 0 Å².